The lowest BCUT2D eigenvalue weighted by atomic mass is 10.2. The van der Waals surface area contributed by atoms with Gasteiger partial charge in [0.25, 0.3) is 0 Å². The fourth-order valence-corrected chi connectivity index (χ4v) is 4.01. The monoisotopic (exact) mass is 327 g/mol. The third-order valence-corrected chi connectivity index (χ3v) is 5.54. The first-order valence-corrected chi connectivity index (χ1v) is 8.95. The van der Waals surface area contributed by atoms with Crippen molar-refractivity contribution in [3.8, 4) is 5.75 Å². The molecule has 0 aromatic heterocycles. The molecule has 0 radical (unpaired) electrons. The first-order chi connectivity index (χ1) is 10.5. The van der Waals surface area contributed by atoms with Gasteiger partial charge in [0.05, 0.1) is 20.3 Å². The molecule has 6 heteroatoms. The Bertz CT molecular complexity index is 521. The predicted octanol–water partition coefficient (Wildman–Crippen LogP) is 3.86. The maximum absolute atomic E-state index is 12.9. The number of methoxy groups -OCH3 is 1. The Morgan fingerprint density at radius 1 is 1.23 bits per heavy atom. The zero-order chi connectivity index (χ0) is 16.6. The maximum atomic E-state index is 12.9. The molecule has 1 unspecified atom stereocenters. The van der Waals surface area contributed by atoms with Gasteiger partial charge in [-0.1, -0.05) is 24.3 Å². The van der Waals surface area contributed by atoms with E-state index in [0.29, 0.717) is 13.2 Å². The second-order valence-electron chi connectivity index (χ2n) is 4.89. The zero-order valence-electron chi connectivity index (χ0n) is 14.0. The highest BCUT2D eigenvalue weighted by atomic mass is 31.2. The first kappa shape index (κ1) is 18.9. The summed E-state index contributed by atoms with van der Waals surface area (Å²) in [7, 11) is 2.10. The highest BCUT2D eigenvalue weighted by molar-refractivity contribution is 7.54. The molecule has 0 aliphatic rings. The Morgan fingerprint density at radius 3 is 2.36 bits per heavy atom. The molecule has 0 heterocycles. The average molecular weight is 327 g/mol. The topological polar surface area (TPSA) is 48.0 Å². The van der Waals surface area contributed by atoms with E-state index in [4.69, 9.17) is 13.8 Å². The van der Waals surface area contributed by atoms with Crippen LogP contribution in [0.3, 0.4) is 0 Å². The maximum Gasteiger partial charge on any atom is 0.351 e. The van der Waals surface area contributed by atoms with E-state index in [1.165, 1.54) is 0 Å². The Balaban J connectivity index is 3.04. The molecule has 1 rings (SSSR count). The third kappa shape index (κ3) is 5.25. The summed E-state index contributed by atoms with van der Waals surface area (Å²) in [4.78, 5) is 1.84. The van der Waals surface area contributed by atoms with Crippen molar-refractivity contribution in [3.63, 3.8) is 0 Å². The lowest BCUT2D eigenvalue weighted by Gasteiger charge is -2.28. The molecular formula is C16H26NO4P. The van der Waals surface area contributed by atoms with Crippen molar-refractivity contribution in [2.75, 3.05) is 34.4 Å². The summed E-state index contributed by atoms with van der Waals surface area (Å²) < 4.78 is 29.0. The molecule has 0 saturated heterocycles. The lowest BCUT2D eigenvalue weighted by Crippen LogP contribution is -2.27. The number of hydrogen-bond acceptors (Lipinski definition) is 5. The van der Waals surface area contributed by atoms with E-state index in [-0.39, 0.29) is 0 Å². The van der Waals surface area contributed by atoms with Crippen molar-refractivity contribution in [3.05, 3.63) is 35.9 Å². The summed E-state index contributed by atoms with van der Waals surface area (Å²) in [6, 6.07) is 7.66. The van der Waals surface area contributed by atoms with Gasteiger partial charge in [0, 0.05) is 0 Å². The van der Waals surface area contributed by atoms with Crippen LogP contribution in [-0.4, -0.2) is 45.1 Å². The molecule has 124 valence electrons. The standard InChI is InChI=1S/C16H26NO4P/c1-6-20-22(18,21-7-2)16(17(3)4)12-11-14-9-8-10-15(13-14)19-5/h8-13,16H,6-7H2,1-5H3/b12-11+. The van der Waals surface area contributed by atoms with Crippen LogP contribution >= 0.6 is 7.60 Å². The number of nitrogens with zero attached hydrogens (tertiary/aromatic N) is 1. The molecule has 0 N–H and O–H groups in total. The van der Waals surface area contributed by atoms with Crippen molar-refractivity contribution in [1.29, 1.82) is 0 Å². The minimum absolute atomic E-state index is 0.342. The third-order valence-electron chi connectivity index (χ3n) is 3.03. The van der Waals surface area contributed by atoms with Crippen LogP contribution in [0.15, 0.2) is 30.3 Å². The highest BCUT2D eigenvalue weighted by Gasteiger charge is 2.35. The molecule has 1 aromatic carbocycles. The van der Waals surface area contributed by atoms with E-state index in [1.54, 1.807) is 7.11 Å². The molecule has 0 saturated carbocycles. The van der Waals surface area contributed by atoms with Crippen LogP contribution in [0.5, 0.6) is 5.75 Å². The van der Waals surface area contributed by atoms with Gasteiger partial charge in [-0.15, -0.1) is 0 Å². The van der Waals surface area contributed by atoms with E-state index in [1.807, 2.05) is 69.3 Å². The smallest absolute Gasteiger partial charge is 0.351 e. The van der Waals surface area contributed by atoms with Crippen LogP contribution in [0, 0.1) is 0 Å². The number of ether oxygens (including phenoxy) is 1. The second-order valence-corrected chi connectivity index (χ2v) is 7.01. The van der Waals surface area contributed by atoms with Gasteiger partial charge in [0.15, 0.2) is 0 Å². The fourth-order valence-electron chi connectivity index (χ4n) is 2.05. The molecule has 0 aliphatic heterocycles. The number of benzene rings is 1. The molecule has 0 bridgehead atoms. The minimum Gasteiger partial charge on any atom is -0.497 e. The quantitative estimate of drug-likeness (QED) is 0.645. The van der Waals surface area contributed by atoms with Gasteiger partial charge >= 0.3 is 7.60 Å². The van der Waals surface area contributed by atoms with Crippen molar-refractivity contribution in [1.82, 2.24) is 4.90 Å². The average Bonchev–Trinajstić information content (AvgIpc) is 2.47. The van der Waals surface area contributed by atoms with E-state index < -0.39 is 13.4 Å². The second kappa shape index (κ2) is 9.11. The van der Waals surface area contributed by atoms with Gasteiger partial charge in [-0.2, -0.15) is 0 Å². The molecule has 0 aliphatic carbocycles. The van der Waals surface area contributed by atoms with E-state index in [0.717, 1.165) is 11.3 Å². The van der Waals surface area contributed by atoms with Gasteiger partial charge in [-0.3, -0.25) is 9.46 Å². The van der Waals surface area contributed by atoms with E-state index >= 15 is 0 Å². The van der Waals surface area contributed by atoms with E-state index in [9.17, 15) is 4.57 Å². The fraction of sp³-hybridized carbons (Fsp3) is 0.500. The molecule has 0 spiro atoms. The Hall–Kier alpha value is -1.13. The lowest BCUT2D eigenvalue weighted by molar-refractivity contribution is 0.196. The summed E-state index contributed by atoms with van der Waals surface area (Å²) >= 11 is 0. The van der Waals surface area contributed by atoms with Crippen molar-refractivity contribution >= 4 is 13.7 Å². The van der Waals surface area contributed by atoms with Crippen LogP contribution in [0.4, 0.5) is 0 Å². The number of hydrogen-bond donors (Lipinski definition) is 0. The summed E-state index contributed by atoms with van der Waals surface area (Å²) in [6.45, 7) is 4.30. The Morgan fingerprint density at radius 2 is 1.86 bits per heavy atom. The molecule has 0 amide bonds. The number of likely N-dealkylation sites (N-methyl/N-ethyl adjacent to an activating group) is 1. The van der Waals surface area contributed by atoms with Gasteiger partial charge in [-0.25, -0.2) is 0 Å². The summed E-state index contributed by atoms with van der Waals surface area (Å²) in [6.07, 6.45) is 3.75. The SMILES string of the molecule is CCOP(=O)(OCC)C(/C=C/c1cccc(OC)c1)N(C)C. The van der Waals surface area contributed by atoms with Crippen molar-refractivity contribution in [2.45, 2.75) is 19.6 Å². The van der Waals surface area contributed by atoms with Crippen LogP contribution in [0.2, 0.25) is 0 Å². The summed E-state index contributed by atoms with van der Waals surface area (Å²) in [5.41, 5.74) is 0.964. The summed E-state index contributed by atoms with van der Waals surface area (Å²) in [5, 5.41) is 0. The molecule has 22 heavy (non-hydrogen) atoms. The Labute approximate surface area is 133 Å². The predicted molar refractivity (Wildman–Crippen MR) is 90.4 cm³/mol. The zero-order valence-corrected chi connectivity index (χ0v) is 14.9. The van der Waals surface area contributed by atoms with Crippen LogP contribution in [-0.2, 0) is 13.6 Å². The van der Waals surface area contributed by atoms with Gasteiger partial charge in [0.2, 0.25) is 0 Å². The highest BCUT2D eigenvalue weighted by Crippen LogP contribution is 2.54. The first-order valence-electron chi connectivity index (χ1n) is 7.34. The Kier molecular flexibility index (Phi) is 7.83. The number of rotatable bonds is 9. The molecule has 0 fully saturated rings. The van der Waals surface area contributed by atoms with Crippen molar-refractivity contribution < 1.29 is 18.3 Å². The van der Waals surface area contributed by atoms with Crippen LogP contribution < -0.4 is 4.74 Å². The van der Waals surface area contributed by atoms with Crippen LogP contribution in [0.1, 0.15) is 19.4 Å². The largest absolute Gasteiger partial charge is 0.497 e. The molecule has 1 aromatic rings. The van der Waals surface area contributed by atoms with Crippen LogP contribution in [0.25, 0.3) is 6.08 Å². The van der Waals surface area contributed by atoms with Gasteiger partial charge in [-0.05, 0) is 45.6 Å². The van der Waals surface area contributed by atoms with Gasteiger partial charge < -0.3 is 13.8 Å². The molecule has 5 nitrogen and oxygen atoms in total. The normalized spacial score (nSPS) is 13.7. The molecular weight excluding hydrogens is 301 g/mol. The molecule has 1 atom stereocenters. The van der Waals surface area contributed by atoms with Gasteiger partial charge in [0.1, 0.15) is 11.5 Å². The summed E-state index contributed by atoms with van der Waals surface area (Å²) in [5.74, 6) is 0.333. The minimum atomic E-state index is -3.23. The van der Waals surface area contributed by atoms with Crippen molar-refractivity contribution in [2.24, 2.45) is 0 Å². The van der Waals surface area contributed by atoms with E-state index in [2.05, 4.69) is 0 Å².